The van der Waals surface area contributed by atoms with Crippen LogP contribution in [-0.2, 0) is 12.7 Å². The van der Waals surface area contributed by atoms with Gasteiger partial charge in [-0.2, -0.15) is 13.2 Å². The third kappa shape index (κ3) is 7.42. The first-order chi connectivity index (χ1) is 20.1. The normalized spacial score (nSPS) is 18.9. The van der Waals surface area contributed by atoms with Gasteiger partial charge >= 0.3 is 6.18 Å². The Kier molecular flexibility index (Phi) is 9.38. The van der Waals surface area contributed by atoms with Crippen LogP contribution in [0.1, 0.15) is 47.1 Å². The highest BCUT2D eigenvalue weighted by atomic mass is 32.1. The van der Waals surface area contributed by atoms with Crippen molar-refractivity contribution in [3.8, 4) is 11.3 Å². The van der Waals surface area contributed by atoms with Crippen molar-refractivity contribution >= 4 is 28.2 Å². The van der Waals surface area contributed by atoms with E-state index in [0.717, 1.165) is 42.8 Å². The monoisotopic (exact) mass is 605 g/mol. The Bertz CT molecular complexity index is 1360. The molecular formula is C28H34F3N7O3S. The molecule has 0 bridgehead atoms. The standard InChI is InChI=1S/C28H34F3N7O3S/c1-18-5-2-3-8-38(18)16-22-25(19-6-4-7-20(13-19)28(29,30)31)34-27(42-22)35-26(41)21-14-33-23(15-32-21)37-11-9-36(10-12-37)17-24(39)40/h4,6-7,13-15,18,24,39-40H,2-3,5,8-12,16-17H2,1H3,(H,34,35,41)/t18-/m1/s1. The summed E-state index contributed by atoms with van der Waals surface area (Å²) in [6, 6.07) is 5.45. The molecule has 14 heteroatoms. The number of β-amino-alcohol motifs (C(OH)–C–C–N with tert-alkyl or cyclic N) is 2. The summed E-state index contributed by atoms with van der Waals surface area (Å²) in [7, 11) is 0. The lowest BCUT2D eigenvalue weighted by atomic mass is 10.0. The first kappa shape index (κ1) is 30.3. The van der Waals surface area contributed by atoms with Crippen molar-refractivity contribution < 1.29 is 28.2 Å². The fourth-order valence-corrected chi connectivity index (χ4v) is 6.32. The molecule has 4 heterocycles. The minimum absolute atomic E-state index is 0.0859. The average molecular weight is 606 g/mol. The van der Waals surface area contributed by atoms with Crippen LogP contribution in [-0.4, -0.2) is 92.5 Å². The lowest BCUT2D eigenvalue weighted by Gasteiger charge is -2.35. The number of amides is 1. The Morgan fingerprint density at radius 3 is 2.57 bits per heavy atom. The highest BCUT2D eigenvalue weighted by Gasteiger charge is 2.31. The van der Waals surface area contributed by atoms with Crippen LogP contribution in [0.4, 0.5) is 24.1 Å². The molecule has 0 aliphatic carbocycles. The number of nitrogens with one attached hydrogen (secondary N) is 1. The van der Waals surface area contributed by atoms with Crippen molar-refractivity contribution in [1.82, 2.24) is 24.8 Å². The molecule has 1 aromatic carbocycles. The van der Waals surface area contributed by atoms with Crippen LogP contribution in [0.15, 0.2) is 36.7 Å². The summed E-state index contributed by atoms with van der Waals surface area (Å²) in [6.07, 6.45) is 0.296. The largest absolute Gasteiger partial charge is 0.416 e. The maximum Gasteiger partial charge on any atom is 0.416 e. The molecule has 0 saturated carbocycles. The van der Waals surface area contributed by atoms with Gasteiger partial charge in [0, 0.05) is 55.8 Å². The number of thiazole rings is 1. The van der Waals surface area contributed by atoms with Gasteiger partial charge in [0.25, 0.3) is 5.91 Å². The average Bonchev–Trinajstić information content (AvgIpc) is 3.36. The Morgan fingerprint density at radius 2 is 1.90 bits per heavy atom. The van der Waals surface area contributed by atoms with E-state index >= 15 is 0 Å². The summed E-state index contributed by atoms with van der Waals surface area (Å²) < 4.78 is 40.4. The number of rotatable bonds is 8. The highest BCUT2D eigenvalue weighted by Crippen LogP contribution is 2.37. The molecule has 1 atom stereocenters. The van der Waals surface area contributed by atoms with E-state index in [2.05, 4.69) is 32.1 Å². The van der Waals surface area contributed by atoms with Crippen LogP contribution in [0.25, 0.3) is 11.3 Å². The number of alkyl halides is 3. The Hall–Kier alpha value is -3.17. The van der Waals surface area contributed by atoms with Crippen molar-refractivity contribution in [2.75, 3.05) is 49.5 Å². The maximum atomic E-state index is 13.5. The van der Waals surface area contributed by atoms with Crippen molar-refractivity contribution in [3.63, 3.8) is 0 Å². The summed E-state index contributed by atoms with van der Waals surface area (Å²) in [5.41, 5.74) is 0.105. The van der Waals surface area contributed by atoms with Gasteiger partial charge < -0.3 is 15.1 Å². The predicted molar refractivity (Wildman–Crippen MR) is 153 cm³/mol. The summed E-state index contributed by atoms with van der Waals surface area (Å²) in [6.45, 7) is 6.28. The zero-order valence-corrected chi connectivity index (χ0v) is 24.0. The van der Waals surface area contributed by atoms with Crippen LogP contribution >= 0.6 is 11.3 Å². The molecule has 2 aliphatic heterocycles. The number of anilines is 2. The number of aliphatic hydroxyl groups excluding tert-OH is 1. The van der Waals surface area contributed by atoms with Crippen LogP contribution in [0.2, 0.25) is 0 Å². The number of aromatic nitrogens is 3. The Balaban J connectivity index is 1.32. The third-order valence-corrected chi connectivity index (χ3v) is 8.61. The van der Waals surface area contributed by atoms with Crippen LogP contribution in [0.5, 0.6) is 0 Å². The van der Waals surface area contributed by atoms with Crippen molar-refractivity contribution in [2.45, 2.75) is 51.2 Å². The molecule has 3 aromatic rings. The zero-order chi connectivity index (χ0) is 29.9. The molecule has 226 valence electrons. The number of hydrogen-bond donors (Lipinski definition) is 3. The van der Waals surface area contributed by atoms with E-state index in [1.54, 1.807) is 6.07 Å². The summed E-state index contributed by atoms with van der Waals surface area (Å²) in [5.74, 6) is 0.0906. The number of aliphatic hydroxyl groups is 2. The van der Waals surface area contributed by atoms with Gasteiger partial charge in [-0.3, -0.25) is 19.9 Å². The first-order valence-electron chi connectivity index (χ1n) is 13.9. The van der Waals surface area contributed by atoms with Crippen molar-refractivity contribution in [1.29, 1.82) is 0 Å². The second kappa shape index (κ2) is 13.0. The number of hydrogen-bond acceptors (Lipinski definition) is 10. The minimum atomic E-state index is -4.48. The molecule has 2 aromatic heterocycles. The lowest BCUT2D eigenvalue weighted by molar-refractivity contribution is -0.137. The molecule has 2 fully saturated rings. The minimum Gasteiger partial charge on any atom is -0.367 e. The molecule has 2 saturated heterocycles. The van der Waals surface area contributed by atoms with E-state index in [0.29, 0.717) is 55.8 Å². The van der Waals surface area contributed by atoms with E-state index < -0.39 is 23.9 Å². The quantitative estimate of drug-likeness (QED) is 0.331. The molecule has 0 radical (unpaired) electrons. The van der Waals surface area contributed by atoms with Gasteiger partial charge in [-0.1, -0.05) is 29.9 Å². The van der Waals surface area contributed by atoms with E-state index in [9.17, 15) is 18.0 Å². The van der Waals surface area contributed by atoms with Gasteiger partial charge in [0.05, 0.1) is 23.7 Å². The second-order valence-electron chi connectivity index (χ2n) is 10.7. The summed E-state index contributed by atoms with van der Waals surface area (Å²) >= 11 is 1.25. The van der Waals surface area contributed by atoms with Gasteiger partial charge in [-0.15, -0.1) is 0 Å². The number of carbonyl (C=O) groups excluding carboxylic acids is 1. The first-order valence-corrected chi connectivity index (χ1v) is 14.8. The van der Waals surface area contributed by atoms with Crippen LogP contribution in [0, 0.1) is 0 Å². The third-order valence-electron chi connectivity index (χ3n) is 7.66. The highest BCUT2D eigenvalue weighted by molar-refractivity contribution is 7.16. The Morgan fingerprint density at radius 1 is 1.12 bits per heavy atom. The van der Waals surface area contributed by atoms with Crippen LogP contribution < -0.4 is 10.2 Å². The molecule has 2 aliphatic rings. The fraction of sp³-hybridized carbons (Fsp3) is 0.500. The second-order valence-corrected chi connectivity index (χ2v) is 11.8. The number of likely N-dealkylation sites (tertiary alicyclic amines) is 1. The maximum absolute atomic E-state index is 13.5. The van der Waals surface area contributed by atoms with E-state index in [4.69, 9.17) is 10.2 Å². The molecule has 5 rings (SSSR count). The van der Waals surface area contributed by atoms with E-state index in [1.165, 1.54) is 29.8 Å². The number of halogens is 3. The molecule has 1 amide bonds. The number of benzene rings is 1. The zero-order valence-electron chi connectivity index (χ0n) is 23.2. The van der Waals surface area contributed by atoms with Crippen LogP contribution in [0.3, 0.4) is 0 Å². The fourth-order valence-electron chi connectivity index (χ4n) is 5.31. The molecule has 42 heavy (non-hydrogen) atoms. The number of piperazine rings is 1. The number of carbonyl (C=O) groups is 1. The SMILES string of the molecule is C[C@@H]1CCCCN1Cc1sc(NC(=O)c2cnc(N3CCN(CC(O)O)CC3)cn2)nc1-c1cccc(C(F)(F)F)c1. The van der Waals surface area contributed by atoms with E-state index in [1.807, 2.05) is 9.80 Å². The molecule has 10 nitrogen and oxygen atoms in total. The number of piperidine rings is 1. The van der Waals surface area contributed by atoms with Crippen molar-refractivity contribution in [2.24, 2.45) is 0 Å². The topological polar surface area (TPSA) is 118 Å². The smallest absolute Gasteiger partial charge is 0.367 e. The van der Waals surface area contributed by atoms with Gasteiger partial charge in [0.1, 0.15) is 11.5 Å². The van der Waals surface area contributed by atoms with Gasteiger partial charge in [0.15, 0.2) is 11.4 Å². The summed E-state index contributed by atoms with van der Waals surface area (Å²) in [5, 5.41) is 21.4. The lowest BCUT2D eigenvalue weighted by Crippen LogP contribution is -2.48. The van der Waals surface area contributed by atoms with Crippen molar-refractivity contribution in [3.05, 3.63) is 52.8 Å². The van der Waals surface area contributed by atoms with Gasteiger partial charge in [0.2, 0.25) is 0 Å². The van der Waals surface area contributed by atoms with E-state index in [-0.39, 0.29) is 17.4 Å². The predicted octanol–water partition coefficient (Wildman–Crippen LogP) is 3.68. The Labute approximate surface area is 245 Å². The molecule has 0 unspecified atom stereocenters. The molecule has 0 spiro atoms. The van der Waals surface area contributed by atoms with Gasteiger partial charge in [-0.25, -0.2) is 15.0 Å². The molecular weight excluding hydrogens is 571 g/mol. The number of nitrogens with zero attached hydrogens (tertiary/aromatic N) is 6. The van der Waals surface area contributed by atoms with Gasteiger partial charge in [-0.05, 0) is 38.4 Å². The molecule has 3 N–H and O–H groups in total. The summed E-state index contributed by atoms with van der Waals surface area (Å²) in [4.78, 5) is 33.3.